The van der Waals surface area contributed by atoms with Gasteiger partial charge in [0.2, 0.25) is 11.8 Å². The van der Waals surface area contributed by atoms with Crippen LogP contribution < -0.4 is 27.4 Å². The minimum absolute atomic E-state index is 0.135. The van der Waals surface area contributed by atoms with Crippen molar-refractivity contribution in [1.82, 2.24) is 15.2 Å². The van der Waals surface area contributed by atoms with E-state index in [9.17, 15) is 19.6 Å². The number of benzene rings is 3. The molecule has 1 saturated heterocycles. The molecule has 0 spiro atoms. The molecule has 1 aromatic heterocycles. The summed E-state index contributed by atoms with van der Waals surface area (Å²) in [5.74, 6) is -0.957. The summed E-state index contributed by atoms with van der Waals surface area (Å²) in [6, 6.07) is 24.5. The van der Waals surface area contributed by atoms with Gasteiger partial charge in [0.05, 0.1) is 50.1 Å². The van der Waals surface area contributed by atoms with Crippen molar-refractivity contribution in [1.29, 1.82) is 5.26 Å². The molecule has 2 amide bonds. The van der Waals surface area contributed by atoms with Crippen LogP contribution in [0.3, 0.4) is 0 Å². The Morgan fingerprint density at radius 2 is 1.66 bits per heavy atom. The van der Waals surface area contributed by atoms with Crippen LogP contribution in [-0.2, 0) is 36.8 Å². The summed E-state index contributed by atoms with van der Waals surface area (Å²) >= 11 is 0. The van der Waals surface area contributed by atoms with Gasteiger partial charge in [0.25, 0.3) is 0 Å². The molecule has 1 aliphatic heterocycles. The van der Waals surface area contributed by atoms with Crippen LogP contribution in [0.5, 0.6) is 0 Å². The Balaban J connectivity index is 1.04. The van der Waals surface area contributed by atoms with E-state index in [2.05, 4.69) is 22.0 Å². The molecule has 0 bridgehead atoms. The van der Waals surface area contributed by atoms with Gasteiger partial charge in [-0.05, 0) is 53.8 Å². The average molecular weight is 685 g/mol. The molecule has 50 heavy (non-hydrogen) atoms. The van der Waals surface area contributed by atoms with Crippen LogP contribution in [0.4, 0.5) is 5.69 Å². The van der Waals surface area contributed by atoms with Crippen LogP contribution >= 0.6 is 0 Å². The number of hydrogen-bond acceptors (Lipinski definition) is 10. The summed E-state index contributed by atoms with van der Waals surface area (Å²) in [4.78, 5) is 37.5. The van der Waals surface area contributed by atoms with Crippen molar-refractivity contribution in [2.24, 2.45) is 5.73 Å². The van der Waals surface area contributed by atoms with Gasteiger partial charge in [-0.25, -0.2) is 4.79 Å². The first kappa shape index (κ1) is 36.3. The van der Waals surface area contributed by atoms with Gasteiger partial charge in [0, 0.05) is 44.8 Å². The van der Waals surface area contributed by atoms with E-state index in [4.69, 9.17) is 24.4 Å². The summed E-state index contributed by atoms with van der Waals surface area (Å²) in [7, 11) is 0. The zero-order valence-corrected chi connectivity index (χ0v) is 28.0. The maximum atomic E-state index is 12.8. The molecule has 0 radical (unpaired) electrons. The minimum Gasteiger partial charge on any atom is -0.408 e. The highest BCUT2D eigenvalue weighted by atomic mass is 16.5. The molecule has 0 saturated carbocycles. The topological polar surface area (TPSA) is 183 Å². The Hall–Kier alpha value is -5.00. The Labute approximate surface area is 290 Å². The molecule has 13 nitrogen and oxygen atoms in total. The lowest BCUT2D eigenvalue weighted by molar-refractivity contribution is -0.130. The summed E-state index contributed by atoms with van der Waals surface area (Å²) in [6.45, 7) is 3.59. The Morgan fingerprint density at radius 1 is 0.940 bits per heavy atom. The van der Waals surface area contributed by atoms with E-state index in [1.165, 1.54) is 4.57 Å². The fraction of sp³-hybridized carbons (Fsp3) is 0.405. The van der Waals surface area contributed by atoms with Crippen molar-refractivity contribution in [2.75, 3.05) is 58.0 Å². The number of nitrogens with two attached hydrogens (primary N) is 1. The average Bonchev–Trinajstić information content (AvgIpc) is 3.45. The standard InChI is InChI=1S/C37H44N6O7/c38-26-31(42-35(45)37(39)13-19-48-20-14-37)24-27-6-8-28(9-7-27)29-10-11-33-32(25-29)43(36(46)50-33)17-23-47-18-12-34(44)41-16-22-49-21-15-40-30-4-2-1-3-5-30/h1-11,25,31,40H,12-24,39H2,(H,41,44)(H,42,45)/t31-/m0/s1. The SMILES string of the molecule is N#C[C@H](Cc1ccc(-c2ccc3oc(=O)n(CCOCCC(=O)NCCOCCNc4ccccc4)c3c2)cc1)NC(=O)C1(N)CCOCC1. The Bertz CT molecular complexity index is 1790. The highest BCUT2D eigenvalue weighted by molar-refractivity contribution is 5.86. The number of nitrogens with zero attached hydrogens (tertiary/aromatic N) is 2. The Kier molecular flexibility index (Phi) is 13.2. The molecule has 4 aromatic rings. The quantitative estimate of drug-likeness (QED) is 0.114. The number of aromatic nitrogens is 1. The molecule has 5 rings (SSSR count). The number of fused-ring (bicyclic) bond motifs is 1. The van der Waals surface area contributed by atoms with Gasteiger partial charge in [-0.2, -0.15) is 5.26 Å². The lowest BCUT2D eigenvalue weighted by Crippen LogP contribution is -2.58. The second-order valence-electron chi connectivity index (χ2n) is 12.1. The monoisotopic (exact) mass is 684 g/mol. The van der Waals surface area contributed by atoms with Gasteiger partial charge in [-0.1, -0.05) is 48.5 Å². The highest BCUT2D eigenvalue weighted by Crippen LogP contribution is 2.25. The van der Waals surface area contributed by atoms with E-state index in [1.807, 2.05) is 66.7 Å². The predicted molar refractivity (Wildman–Crippen MR) is 188 cm³/mol. The van der Waals surface area contributed by atoms with Crippen LogP contribution in [0.15, 0.2) is 82.0 Å². The fourth-order valence-electron chi connectivity index (χ4n) is 5.62. The third kappa shape index (κ3) is 10.3. The van der Waals surface area contributed by atoms with Crippen molar-refractivity contribution >= 4 is 28.6 Å². The summed E-state index contributed by atoms with van der Waals surface area (Å²) in [6.07, 6.45) is 1.36. The van der Waals surface area contributed by atoms with E-state index in [0.29, 0.717) is 69.9 Å². The lowest BCUT2D eigenvalue weighted by atomic mass is 9.90. The van der Waals surface area contributed by atoms with Gasteiger partial charge < -0.3 is 40.3 Å². The number of amides is 2. The first-order chi connectivity index (χ1) is 24.3. The molecular formula is C37H44N6O7. The van der Waals surface area contributed by atoms with Gasteiger partial charge in [0.15, 0.2) is 5.58 Å². The first-order valence-corrected chi connectivity index (χ1v) is 16.9. The third-order valence-electron chi connectivity index (χ3n) is 8.54. The van der Waals surface area contributed by atoms with Crippen molar-refractivity contribution in [3.8, 4) is 17.2 Å². The van der Waals surface area contributed by atoms with Crippen molar-refractivity contribution < 1.29 is 28.2 Å². The molecule has 1 aliphatic rings. The third-order valence-corrected chi connectivity index (χ3v) is 8.54. The molecule has 3 aromatic carbocycles. The molecule has 0 aliphatic carbocycles. The van der Waals surface area contributed by atoms with Crippen LogP contribution in [-0.4, -0.2) is 80.7 Å². The van der Waals surface area contributed by atoms with Crippen LogP contribution in [0.25, 0.3) is 22.2 Å². The molecule has 1 atom stereocenters. The van der Waals surface area contributed by atoms with Crippen molar-refractivity contribution in [3.05, 3.63) is 88.9 Å². The highest BCUT2D eigenvalue weighted by Gasteiger charge is 2.36. The van der Waals surface area contributed by atoms with E-state index >= 15 is 0 Å². The van der Waals surface area contributed by atoms with Crippen LogP contribution in [0.2, 0.25) is 0 Å². The van der Waals surface area contributed by atoms with E-state index in [0.717, 1.165) is 22.4 Å². The predicted octanol–water partition coefficient (Wildman–Crippen LogP) is 2.97. The molecule has 2 heterocycles. The van der Waals surface area contributed by atoms with Crippen LogP contribution in [0.1, 0.15) is 24.8 Å². The largest absolute Gasteiger partial charge is 0.420 e. The second-order valence-corrected chi connectivity index (χ2v) is 12.1. The molecule has 264 valence electrons. The van der Waals surface area contributed by atoms with Crippen LogP contribution in [0, 0.1) is 11.3 Å². The number of nitriles is 1. The number of carbonyl (C=O) groups excluding carboxylic acids is 2. The smallest absolute Gasteiger partial charge is 0.408 e. The number of oxazole rings is 1. The second kappa shape index (κ2) is 18.1. The summed E-state index contributed by atoms with van der Waals surface area (Å²) in [5.41, 5.74) is 10.0. The van der Waals surface area contributed by atoms with Crippen molar-refractivity contribution in [2.45, 2.75) is 43.8 Å². The maximum Gasteiger partial charge on any atom is 0.420 e. The normalized spacial score (nSPS) is 14.5. The van der Waals surface area contributed by atoms with E-state index in [1.54, 1.807) is 6.07 Å². The minimum atomic E-state index is -1.02. The Morgan fingerprint density at radius 3 is 2.42 bits per heavy atom. The van der Waals surface area contributed by atoms with Gasteiger partial charge in [0.1, 0.15) is 6.04 Å². The zero-order chi connectivity index (χ0) is 35.2. The van der Waals surface area contributed by atoms with Crippen molar-refractivity contribution in [3.63, 3.8) is 0 Å². The van der Waals surface area contributed by atoms with Gasteiger partial charge in [-0.3, -0.25) is 14.2 Å². The fourth-order valence-corrected chi connectivity index (χ4v) is 5.62. The number of rotatable bonds is 18. The van der Waals surface area contributed by atoms with E-state index < -0.39 is 17.3 Å². The van der Waals surface area contributed by atoms with Gasteiger partial charge in [-0.15, -0.1) is 0 Å². The molecular weight excluding hydrogens is 640 g/mol. The number of nitrogens with one attached hydrogen (secondary N) is 3. The molecule has 0 unspecified atom stereocenters. The molecule has 1 fully saturated rings. The summed E-state index contributed by atoms with van der Waals surface area (Å²) in [5, 5.41) is 18.5. The zero-order valence-electron chi connectivity index (χ0n) is 28.0. The number of para-hydroxylation sites is 1. The number of hydrogen-bond donors (Lipinski definition) is 4. The van der Waals surface area contributed by atoms with E-state index in [-0.39, 0.29) is 38.0 Å². The maximum absolute atomic E-state index is 12.8. The lowest BCUT2D eigenvalue weighted by Gasteiger charge is -2.32. The number of ether oxygens (including phenoxy) is 3. The molecule has 5 N–H and O–H groups in total. The van der Waals surface area contributed by atoms with Gasteiger partial charge >= 0.3 is 5.76 Å². The molecule has 13 heteroatoms. The number of anilines is 1. The number of carbonyl (C=O) groups is 2. The summed E-state index contributed by atoms with van der Waals surface area (Å²) < 4.78 is 23.5. The first-order valence-electron chi connectivity index (χ1n) is 16.9.